The third kappa shape index (κ3) is 3.77. The number of fused-ring (bicyclic) bond motifs is 1. The first kappa shape index (κ1) is 16.1. The second kappa shape index (κ2) is 6.38. The van der Waals surface area contributed by atoms with Gasteiger partial charge in [0.05, 0.1) is 0 Å². The van der Waals surface area contributed by atoms with E-state index in [0.29, 0.717) is 0 Å². The molecular weight excluding hydrogens is 304 g/mol. The van der Waals surface area contributed by atoms with E-state index in [9.17, 15) is 0 Å². The smallest absolute Gasteiger partial charge is 0.0491 e. The van der Waals surface area contributed by atoms with Gasteiger partial charge in [-0.3, -0.25) is 0 Å². The van der Waals surface area contributed by atoms with Crippen molar-refractivity contribution in [2.75, 3.05) is 0 Å². The molecule has 0 aliphatic heterocycles. The predicted molar refractivity (Wildman–Crippen MR) is 99.1 cm³/mol. The molecule has 0 bridgehead atoms. The number of nitrogens with one attached hydrogen (secondary N) is 1. The van der Waals surface area contributed by atoms with E-state index in [-0.39, 0.29) is 5.54 Å². The number of halogens is 1. The summed E-state index contributed by atoms with van der Waals surface area (Å²) in [7, 11) is 0. The minimum atomic E-state index is 0.103. The molecule has 0 aliphatic rings. The zero-order valence-electron chi connectivity index (χ0n) is 13.9. The first-order chi connectivity index (χ1) is 10.9. The lowest BCUT2D eigenvalue weighted by Gasteiger charge is -2.20. The van der Waals surface area contributed by atoms with Crippen LogP contribution >= 0.6 is 11.6 Å². The van der Waals surface area contributed by atoms with Gasteiger partial charge in [0.25, 0.3) is 0 Å². The highest BCUT2D eigenvalue weighted by atomic mass is 35.5. The Labute approximate surface area is 143 Å². The molecule has 23 heavy (non-hydrogen) atoms. The highest BCUT2D eigenvalue weighted by Crippen LogP contribution is 2.24. The molecule has 2 aromatic carbocycles. The average molecular weight is 327 g/mol. The quantitative estimate of drug-likeness (QED) is 0.694. The fourth-order valence-corrected chi connectivity index (χ4v) is 2.96. The van der Waals surface area contributed by atoms with Crippen molar-refractivity contribution in [2.24, 2.45) is 0 Å². The Morgan fingerprint density at radius 3 is 2.39 bits per heavy atom. The number of hydrogen-bond acceptors (Lipinski definition) is 1. The van der Waals surface area contributed by atoms with Crippen molar-refractivity contribution < 1.29 is 0 Å². The van der Waals surface area contributed by atoms with Crippen LogP contribution in [0.25, 0.3) is 10.9 Å². The lowest BCUT2D eigenvalue weighted by atomic mass is 10.1. The number of rotatable bonds is 4. The average Bonchev–Trinajstić information content (AvgIpc) is 2.85. The summed E-state index contributed by atoms with van der Waals surface area (Å²) >= 11 is 6.33. The topological polar surface area (TPSA) is 17.0 Å². The van der Waals surface area contributed by atoms with E-state index >= 15 is 0 Å². The first-order valence-electron chi connectivity index (χ1n) is 7.99. The van der Waals surface area contributed by atoms with Crippen LogP contribution in [0.15, 0.2) is 54.7 Å². The number of hydrogen-bond donors (Lipinski definition) is 1. The monoisotopic (exact) mass is 326 g/mol. The Hall–Kier alpha value is -1.77. The fraction of sp³-hybridized carbons (Fsp3) is 0.300. The lowest BCUT2D eigenvalue weighted by Crippen LogP contribution is -2.34. The Kier molecular flexibility index (Phi) is 4.47. The van der Waals surface area contributed by atoms with Crippen molar-refractivity contribution in [1.29, 1.82) is 0 Å². The van der Waals surface area contributed by atoms with Crippen LogP contribution in [0.3, 0.4) is 0 Å². The second-order valence-corrected chi connectivity index (χ2v) is 7.40. The van der Waals surface area contributed by atoms with Gasteiger partial charge < -0.3 is 9.88 Å². The Morgan fingerprint density at radius 2 is 1.65 bits per heavy atom. The van der Waals surface area contributed by atoms with Gasteiger partial charge in [-0.2, -0.15) is 0 Å². The maximum Gasteiger partial charge on any atom is 0.0491 e. The lowest BCUT2D eigenvalue weighted by molar-refractivity contribution is 0.425. The molecule has 2 nitrogen and oxygen atoms in total. The highest BCUT2D eigenvalue weighted by molar-refractivity contribution is 6.31. The molecule has 1 heterocycles. The molecule has 1 aromatic heterocycles. The molecule has 0 spiro atoms. The van der Waals surface area contributed by atoms with Crippen molar-refractivity contribution in [1.82, 2.24) is 9.88 Å². The van der Waals surface area contributed by atoms with Gasteiger partial charge in [0, 0.05) is 40.8 Å². The summed E-state index contributed by atoms with van der Waals surface area (Å²) in [6.45, 7) is 8.22. The standard InChI is InChI=1S/C20H23ClN2/c1-20(2,3)22-12-16-14-23(19-11-7-5-9-17(16)19)13-15-8-4-6-10-18(15)21/h4-11,14,22H,12-13H2,1-3H3. The molecule has 0 saturated heterocycles. The zero-order valence-corrected chi connectivity index (χ0v) is 14.7. The predicted octanol–water partition coefficient (Wildman–Crippen LogP) is 5.23. The Morgan fingerprint density at radius 1 is 0.957 bits per heavy atom. The summed E-state index contributed by atoms with van der Waals surface area (Å²) in [5.41, 5.74) is 3.82. The molecule has 3 aromatic rings. The number of benzene rings is 2. The van der Waals surface area contributed by atoms with Gasteiger partial charge in [-0.25, -0.2) is 0 Å². The van der Waals surface area contributed by atoms with Crippen LogP contribution in [0, 0.1) is 0 Å². The normalized spacial score (nSPS) is 12.0. The van der Waals surface area contributed by atoms with Crippen LogP contribution in [0.2, 0.25) is 5.02 Å². The van der Waals surface area contributed by atoms with E-state index in [1.165, 1.54) is 16.5 Å². The minimum absolute atomic E-state index is 0.103. The summed E-state index contributed by atoms with van der Waals surface area (Å²) in [6, 6.07) is 16.6. The number of aromatic nitrogens is 1. The van der Waals surface area contributed by atoms with E-state index in [0.717, 1.165) is 23.7 Å². The molecule has 1 N–H and O–H groups in total. The van der Waals surface area contributed by atoms with E-state index in [1.807, 2.05) is 18.2 Å². The van der Waals surface area contributed by atoms with Crippen molar-refractivity contribution in [3.05, 3.63) is 70.9 Å². The SMILES string of the molecule is CC(C)(C)NCc1cn(Cc2ccccc2Cl)c2ccccc12. The van der Waals surface area contributed by atoms with Gasteiger partial charge in [0.15, 0.2) is 0 Å². The molecule has 0 unspecified atom stereocenters. The number of para-hydroxylation sites is 1. The molecule has 0 aliphatic carbocycles. The largest absolute Gasteiger partial charge is 0.343 e. The molecule has 0 saturated carbocycles. The van der Waals surface area contributed by atoms with E-state index in [4.69, 9.17) is 11.6 Å². The van der Waals surface area contributed by atoms with Crippen molar-refractivity contribution in [2.45, 2.75) is 39.4 Å². The summed E-state index contributed by atoms with van der Waals surface area (Å²) in [5, 5.41) is 5.70. The third-order valence-corrected chi connectivity index (χ3v) is 4.35. The fourth-order valence-electron chi connectivity index (χ4n) is 2.77. The van der Waals surface area contributed by atoms with E-state index in [1.54, 1.807) is 0 Å². The number of nitrogens with zero attached hydrogens (tertiary/aromatic N) is 1. The Balaban J connectivity index is 1.96. The first-order valence-corrected chi connectivity index (χ1v) is 8.37. The molecule has 120 valence electrons. The summed E-state index contributed by atoms with van der Waals surface area (Å²) in [4.78, 5) is 0. The van der Waals surface area contributed by atoms with Crippen LogP contribution in [-0.4, -0.2) is 10.1 Å². The highest BCUT2D eigenvalue weighted by Gasteiger charge is 2.13. The van der Waals surface area contributed by atoms with Crippen molar-refractivity contribution >= 4 is 22.5 Å². The molecule has 0 fully saturated rings. The van der Waals surface area contributed by atoms with Crippen LogP contribution in [0.5, 0.6) is 0 Å². The molecule has 0 radical (unpaired) electrons. The van der Waals surface area contributed by atoms with Gasteiger partial charge in [0.2, 0.25) is 0 Å². The van der Waals surface area contributed by atoms with Crippen LogP contribution in [0.1, 0.15) is 31.9 Å². The molecule has 0 atom stereocenters. The van der Waals surface area contributed by atoms with Gasteiger partial charge >= 0.3 is 0 Å². The Bertz CT molecular complexity index is 812. The van der Waals surface area contributed by atoms with Crippen LogP contribution < -0.4 is 5.32 Å². The van der Waals surface area contributed by atoms with Crippen LogP contribution in [-0.2, 0) is 13.1 Å². The molecule has 3 heteroatoms. The maximum atomic E-state index is 6.33. The summed E-state index contributed by atoms with van der Waals surface area (Å²) in [6.07, 6.45) is 2.24. The van der Waals surface area contributed by atoms with Gasteiger partial charge in [-0.15, -0.1) is 0 Å². The van der Waals surface area contributed by atoms with Crippen LogP contribution in [0.4, 0.5) is 0 Å². The second-order valence-electron chi connectivity index (χ2n) is 6.99. The summed E-state index contributed by atoms with van der Waals surface area (Å²) in [5.74, 6) is 0. The van der Waals surface area contributed by atoms with E-state index in [2.05, 4.69) is 67.2 Å². The molecule has 0 amide bonds. The van der Waals surface area contributed by atoms with E-state index < -0.39 is 0 Å². The van der Waals surface area contributed by atoms with Gasteiger partial charge in [-0.05, 0) is 44.0 Å². The summed E-state index contributed by atoms with van der Waals surface area (Å²) < 4.78 is 2.29. The zero-order chi connectivity index (χ0) is 16.4. The minimum Gasteiger partial charge on any atom is -0.343 e. The molecule has 3 rings (SSSR count). The van der Waals surface area contributed by atoms with Crippen molar-refractivity contribution in [3.8, 4) is 0 Å². The molecular formula is C20H23ClN2. The van der Waals surface area contributed by atoms with Gasteiger partial charge in [0.1, 0.15) is 0 Å². The maximum absolute atomic E-state index is 6.33. The third-order valence-electron chi connectivity index (χ3n) is 3.98. The van der Waals surface area contributed by atoms with Crippen molar-refractivity contribution in [3.63, 3.8) is 0 Å². The van der Waals surface area contributed by atoms with Gasteiger partial charge in [-0.1, -0.05) is 48.0 Å².